The zero-order valence-electron chi connectivity index (χ0n) is 9.61. The molecule has 0 fully saturated rings. The van der Waals surface area contributed by atoms with Crippen LogP contribution < -0.4 is 4.74 Å². The Kier molecular flexibility index (Phi) is 3.76. The number of rotatable bonds is 4. The van der Waals surface area contributed by atoms with Crippen molar-refractivity contribution in [3.05, 3.63) is 66.9 Å². The molecule has 0 unspecified atom stereocenters. The standard InChI is InChI=1S/C15H12O3/c16-15(17)10-11-18-14-8-6-13(7-9-14)12-4-2-1-3-5-12/h1-11H,(H,16,17)/b11-10+. The highest BCUT2D eigenvalue weighted by Crippen LogP contribution is 2.21. The van der Waals surface area contributed by atoms with Crippen LogP contribution in [0.3, 0.4) is 0 Å². The van der Waals surface area contributed by atoms with E-state index in [1.165, 1.54) is 0 Å². The normalized spacial score (nSPS) is 10.4. The molecule has 0 saturated carbocycles. The van der Waals surface area contributed by atoms with Crippen molar-refractivity contribution in [2.45, 2.75) is 0 Å². The lowest BCUT2D eigenvalue weighted by atomic mass is 10.1. The van der Waals surface area contributed by atoms with Crippen LogP contribution >= 0.6 is 0 Å². The van der Waals surface area contributed by atoms with E-state index in [2.05, 4.69) is 0 Å². The van der Waals surface area contributed by atoms with E-state index in [-0.39, 0.29) is 0 Å². The van der Waals surface area contributed by atoms with Gasteiger partial charge in [-0.05, 0) is 23.3 Å². The molecule has 90 valence electrons. The van der Waals surface area contributed by atoms with Crippen LogP contribution in [0.25, 0.3) is 11.1 Å². The van der Waals surface area contributed by atoms with E-state index in [1.54, 1.807) is 12.1 Å². The first kappa shape index (κ1) is 11.9. The first-order valence-corrected chi connectivity index (χ1v) is 5.47. The van der Waals surface area contributed by atoms with Gasteiger partial charge in [0.25, 0.3) is 0 Å². The fourth-order valence-corrected chi connectivity index (χ4v) is 1.53. The van der Waals surface area contributed by atoms with Gasteiger partial charge in [0.15, 0.2) is 0 Å². The van der Waals surface area contributed by atoms with Crippen LogP contribution in [-0.4, -0.2) is 11.1 Å². The van der Waals surface area contributed by atoms with Gasteiger partial charge in [-0.25, -0.2) is 4.79 Å². The van der Waals surface area contributed by atoms with Crippen molar-refractivity contribution in [3.8, 4) is 16.9 Å². The van der Waals surface area contributed by atoms with Gasteiger partial charge in [-0.2, -0.15) is 0 Å². The number of hydrogen-bond donors (Lipinski definition) is 1. The number of carbonyl (C=O) groups is 1. The third kappa shape index (κ3) is 3.22. The quantitative estimate of drug-likeness (QED) is 0.658. The van der Waals surface area contributed by atoms with E-state index in [9.17, 15) is 4.79 Å². The van der Waals surface area contributed by atoms with E-state index in [0.29, 0.717) is 5.75 Å². The Morgan fingerprint density at radius 1 is 0.944 bits per heavy atom. The van der Waals surface area contributed by atoms with Crippen LogP contribution in [0, 0.1) is 0 Å². The molecule has 0 atom stereocenters. The van der Waals surface area contributed by atoms with Crippen LogP contribution in [0.5, 0.6) is 5.75 Å². The molecule has 0 bridgehead atoms. The maximum Gasteiger partial charge on any atom is 0.331 e. The SMILES string of the molecule is O=C(O)/C=C/Oc1ccc(-c2ccccc2)cc1. The van der Waals surface area contributed by atoms with E-state index in [4.69, 9.17) is 9.84 Å². The minimum atomic E-state index is -1.03. The first-order valence-electron chi connectivity index (χ1n) is 5.47. The third-order valence-corrected chi connectivity index (χ3v) is 2.38. The molecular weight excluding hydrogens is 228 g/mol. The second-order valence-corrected chi connectivity index (χ2v) is 3.65. The highest BCUT2D eigenvalue weighted by molar-refractivity contribution is 5.79. The second kappa shape index (κ2) is 5.68. The average molecular weight is 240 g/mol. The molecule has 2 aromatic rings. The van der Waals surface area contributed by atoms with Crippen LogP contribution in [0.2, 0.25) is 0 Å². The fourth-order valence-electron chi connectivity index (χ4n) is 1.53. The number of ether oxygens (including phenoxy) is 1. The van der Waals surface area contributed by atoms with E-state index in [1.807, 2.05) is 42.5 Å². The smallest absolute Gasteiger partial charge is 0.331 e. The highest BCUT2D eigenvalue weighted by atomic mass is 16.5. The summed E-state index contributed by atoms with van der Waals surface area (Å²) in [5, 5.41) is 8.42. The van der Waals surface area contributed by atoms with Gasteiger partial charge in [0.1, 0.15) is 5.75 Å². The molecule has 0 aliphatic rings. The number of aliphatic carboxylic acids is 1. The van der Waals surface area contributed by atoms with Gasteiger partial charge in [-0.3, -0.25) is 0 Å². The lowest BCUT2D eigenvalue weighted by Crippen LogP contribution is -1.89. The topological polar surface area (TPSA) is 46.5 Å². The van der Waals surface area contributed by atoms with Crippen molar-refractivity contribution in [1.82, 2.24) is 0 Å². The predicted octanol–water partition coefficient (Wildman–Crippen LogP) is 3.33. The summed E-state index contributed by atoms with van der Waals surface area (Å²) in [4.78, 5) is 10.3. The van der Waals surface area contributed by atoms with Crippen molar-refractivity contribution in [2.75, 3.05) is 0 Å². The summed E-state index contributed by atoms with van der Waals surface area (Å²) in [6.45, 7) is 0. The summed E-state index contributed by atoms with van der Waals surface area (Å²) >= 11 is 0. The van der Waals surface area contributed by atoms with Gasteiger partial charge in [-0.1, -0.05) is 42.5 Å². The number of carboxylic acid groups (broad SMARTS) is 1. The minimum Gasteiger partial charge on any atom is -0.478 e. The Labute approximate surface area is 105 Å². The fraction of sp³-hybridized carbons (Fsp3) is 0. The lowest BCUT2D eigenvalue weighted by molar-refractivity contribution is -0.131. The van der Waals surface area contributed by atoms with Crippen LogP contribution in [0.1, 0.15) is 0 Å². The van der Waals surface area contributed by atoms with Gasteiger partial charge >= 0.3 is 5.97 Å². The Morgan fingerprint density at radius 3 is 2.17 bits per heavy atom. The van der Waals surface area contributed by atoms with Gasteiger partial charge < -0.3 is 9.84 Å². The van der Waals surface area contributed by atoms with Gasteiger partial charge in [0, 0.05) is 0 Å². The number of hydrogen-bond acceptors (Lipinski definition) is 2. The van der Waals surface area contributed by atoms with Crippen molar-refractivity contribution in [2.24, 2.45) is 0 Å². The third-order valence-electron chi connectivity index (χ3n) is 2.38. The Balaban J connectivity index is 2.09. The molecule has 0 amide bonds. The molecular formula is C15H12O3. The molecule has 0 aliphatic heterocycles. The first-order chi connectivity index (χ1) is 8.75. The van der Waals surface area contributed by atoms with Gasteiger partial charge in [-0.15, -0.1) is 0 Å². The maximum absolute atomic E-state index is 10.3. The minimum absolute atomic E-state index is 0.604. The number of benzene rings is 2. The van der Waals surface area contributed by atoms with Crippen molar-refractivity contribution in [1.29, 1.82) is 0 Å². The van der Waals surface area contributed by atoms with E-state index < -0.39 is 5.97 Å². The van der Waals surface area contributed by atoms with E-state index in [0.717, 1.165) is 23.5 Å². The van der Waals surface area contributed by atoms with Crippen LogP contribution in [0.4, 0.5) is 0 Å². The second-order valence-electron chi connectivity index (χ2n) is 3.65. The Hall–Kier alpha value is -2.55. The molecule has 0 spiro atoms. The molecule has 0 radical (unpaired) electrons. The van der Waals surface area contributed by atoms with Gasteiger partial charge in [0.05, 0.1) is 12.3 Å². The largest absolute Gasteiger partial charge is 0.478 e. The molecule has 2 aromatic carbocycles. The molecule has 2 rings (SSSR count). The molecule has 0 saturated heterocycles. The Bertz CT molecular complexity index is 542. The molecule has 3 heteroatoms. The van der Waals surface area contributed by atoms with Crippen LogP contribution in [-0.2, 0) is 4.79 Å². The van der Waals surface area contributed by atoms with Crippen molar-refractivity contribution >= 4 is 5.97 Å². The summed E-state index contributed by atoms with van der Waals surface area (Å²) in [5.74, 6) is -0.428. The molecule has 1 N–H and O–H groups in total. The summed E-state index contributed by atoms with van der Waals surface area (Å²) in [7, 11) is 0. The zero-order chi connectivity index (χ0) is 12.8. The predicted molar refractivity (Wildman–Crippen MR) is 69.3 cm³/mol. The molecule has 0 aromatic heterocycles. The summed E-state index contributed by atoms with van der Waals surface area (Å²) < 4.78 is 5.15. The van der Waals surface area contributed by atoms with Crippen molar-refractivity contribution < 1.29 is 14.6 Å². The Morgan fingerprint density at radius 2 is 1.56 bits per heavy atom. The van der Waals surface area contributed by atoms with Crippen LogP contribution in [0.15, 0.2) is 66.9 Å². The monoisotopic (exact) mass is 240 g/mol. The van der Waals surface area contributed by atoms with E-state index >= 15 is 0 Å². The molecule has 0 aliphatic carbocycles. The summed E-state index contributed by atoms with van der Waals surface area (Å²) in [6, 6.07) is 17.4. The lowest BCUT2D eigenvalue weighted by Gasteiger charge is -2.03. The highest BCUT2D eigenvalue weighted by Gasteiger charge is 1.97. The van der Waals surface area contributed by atoms with Gasteiger partial charge in [0.2, 0.25) is 0 Å². The average Bonchev–Trinajstić information content (AvgIpc) is 2.40. The molecule has 18 heavy (non-hydrogen) atoms. The summed E-state index contributed by atoms with van der Waals surface area (Å²) in [5.41, 5.74) is 2.22. The maximum atomic E-state index is 10.3. The molecule has 0 heterocycles. The zero-order valence-corrected chi connectivity index (χ0v) is 9.61. The molecule has 3 nitrogen and oxygen atoms in total. The number of carboxylic acids is 1. The summed E-state index contributed by atoms with van der Waals surface area (Å²) in [6.07, 6.45) is 2.10. The van der Waals surface area contributed by atoms with Crippen molar-refractivity contribution in [3.63, 3.8) is 0 Å².